The van der Waals surface area contributed by atoms with Gasteiger partial charge in [-0.2, -0.15) is 0 Å². The molecular formula is C14H15ClN4OS2. The highest BCUT2D eigenvalue weighted by molar-refractivity contribution is 8.02. The van der Waals surface area contributed by atoms with Crippen LogP contribution in [0.5, 0.6) is 0 Å². The summed E-state index contributed by atoms with van der Waals surface area (Å²) >= 11 is 8.72. The van der Waals surface area contributed by atoms with E-state index in [9.17, 15) is 4.79 Å². The number of benzene rings is 1. The molecule has 0 spiro atoms. The molecule has 1 atom stereocenters. The van der Waals surface area contributed by atoms with E-state index in [1.54, 1.807) is 24.3 Å². The number of amides is 1. The van der Waals surface area contributed by atoms with E-state index in [0.29, 0.717) is 11.1 Å². The van der Waals surface area contributed by atoms with Crippen molar-refractivity contribution in [3.8, 4) is 0 Å². The quantitative estimate of drug-likeness (QED) is 0.770. The third-order valence-electron chi connectivity index (χ3n) is 3.07. The first-order valence-electron chi connectivity index (χ1n) is 6.93. The fourth-order valence-corrected chi connectivity index (χ4v) is 3.80. The molecule has 0 unspecified atom stereocenters. The monoisotopic (exact) mass is 354 g/mol. The number of thioether (sulfide) groups is 1. The average molecular weight is 355 g/mol. The number of anilines is 2. The molecule has 0 radical (unpaired) electrons. The molecule has 5 nitrogen and oxygen atoms in total. The molecule has 1 saturated carbocycles. The first kappa shape index (κ1) is 15.6. The summed E-state index contributed by atoms with van der Waals surface area (Å²) in [4.78, 5) is 12.2. The van der Waals surface area contributed by atoms with Gasteiger partial charge in [-0.25, -0.2) is 0 Å². The van der Waals surface area contributed by atoms with Gasteiger partial charge in [0.05, 0.1) is 5.25 Å². The Bertz CT molecular complexity index is 657. The number of nitrogens with one attached hydrogen (secondary N) is 2. The van der Waals surface area contributed by atoms with E-state index in [1.807, 2.05) is 6.92 Å². The molecule has 116 valence electrons. The van der Waals surface area contributed by atoms with Crippen molar-refractivity contribution in [2.24, 2.45) is 0 Å². The summed E-state index contributed by atoms with van der Waals surface area (Å²) in [5, 5.41) is 15.6. The Hall–Kier alpha value is -1.31. The SMILES string of the molecule is C[C@@H](Sc1nnc(NC2CC2)s1)C(=O)Nc1ccc(Cl)cc1. The summed E-state index contributed by atoms with van der Waals surface area (Å²) in [6.45, 7) is 1.85. The van der Waals surface area contributed by atoms with Gasteiger partial charge in [-0.15, -0.1) is 10.2 Å². The number of carbonyl (C=O) groups excluding carboxylic acids is 1. The molecule has 1 amide bonds. The van der Waals surface area contributed by atoms with Crippen LogP contribution in [-0.4, -0.2) is 27.4 Å². The Morgan fingerprint density at radius 1 is 1.36 bits per heavy atom. The Balaban J connectivity index is 1.53. The highest BCUT2D eigenvalue weighted by Gasteiger charge is 2.23. The van der Waals surface area contributed by atoms with E-state index >= 15 is 0 Å². The lowest BCUT2D eigenvalue weighted by Gasteiger charge is -2.10. The summed E-state index contributed by atoms with van der Waals surface area (Å²) in [7, 11) is 0. The Morgan fingerprint density at radius 3 is 2.77 bits per heavy atom. The van der Waals surface area contributed by atoms with Crippen LogP contribution >= 0.6 is 34.7 Å². The second-order valence-corrected chi connectivity index (χ2v) is 8.05. The predicted octanol–water partition coefficient (Wildman–Crippen LogP) is 3.89. The zero-order chi connectivity index (χ0) is 15.5. The second kappa shape index (κ2) is 6.85. The third-order valence-corrected chi connectivity index (χ3v) is 5.36. The summed E-state index contributed by atoms with van der Waals surface area (Å²) < 4.78 is 0.793. The highest BCUT2D eigenvalue weighted by Crippen LogP contribution is 2.32. The van der Waals surface area contributed by atoms with Crippen molar-refractivity contribution in [2.45, 2.75) is 35.4 Å². The topological polar surface area (TPSA) is 66.9 Å². The fraction of sp³-hybridized carbons (Fsp3) is 0.357. The lowest BCUT2D eigenvalue weighted by molar-refractivity contribution is -0.115. The lowest BCUT2D eigenvalue weighted by Crippen LogP contribution is -2.22. The van der Waals surface area contributed by atoms with E-state index in [0.717, 1.165) is 15.2 Å². The molecule has 2 aromatic rings. The highest BCUT2D eigenvalue weighted by atomic mass is 35.5. The molecule has 8 heteroatoms. The molecule has 0 bridgehead atoms. The molecule has 1 aromatic carbocycles. The number of hydrogen-bond acceptors (Lipinski definition) is 6. The van der Waals surface area contributed by atoms with Gasteiger partial charge in [0.15, 0.2) is 4.34 Å². The van der Waals surface area contributed by atoms with E-state index < -0.39 is 0 Å². The molecular weight excluding hydrogens is 340 g/mol. The van der Waals surface area contributed by atoms with Crippen molar-refractivity contribution in [3.05, 3.63) is 29.3 Å². The summed E-state index contributed by atoms with van der Waals surface area (Å²) in [6, 6.07) is 7.60. The minimum absolute atomic E-state index is 0.0702. The number of rotatable bonds is 6. The van der Waals surface area contributed by atoms with Crippen molar-refractivity contribution in [3.63, 3.8) is 0 Å². The number of carbonyl (C=O) groups is 1. The van der Waals surface area contributed by atoms with Crippen LogP contribution in [-0.2, 0) is 4.79 Å². The molecule has 1 aromatic heterocycles. The van der Waals surface area contributed by atoms with Gasteiger partial charge in [0.2, 0.25) is 11.0 Å². The van der Waals surface area contributed by atoms with Crippen molar-refractivity contribution in [1.29, 1.82) is 0 Å². The largest absolute Gasteiger partial charge is 0.357 e. The van der Waals surface area contributed by atoms with Crippen LogP contribution < -0.4 is 10.6 Å². The Labute approximate surface area is 141 Å². The van der Waals surface area contributed by atoms with E-state index in [2.05, 4.69) is 20.8 Å². The molecule has 2 N–H and O–H groups in total. The first-order valence-corrected chi connectivity index (χ1v) is 9.01. The van der Waals surface area contributed by atoms with Crippen molar-refractivity contribution in [1.82, 2.24) is 10.2 Å². The zero-order valence-corrected chi connectivity index (χ0v) is 14.3. The van der Waals surface area contributed by atoms with E-state index in [-0.39, 0.29) is 11.2 Å². The molecule has 1 aliphatic rings. The third kappa shape index (κ3) is 4.34. The van der Waals surface area contributed by atoms with E-state index in [4.69, 9.17) is 11.6 Å². The smallest absolute Gasteiger partial charge is 0.237 e. The summed E-state index contributed by atoms with van der Waals surface area (Å²) in [6.07, 6.45) is 2.39. The predicted molar refractivity (Wildman–Crippen MR) is 92.0 cm³/mol. The number of halogens is 1. The minimum Gasteiger partial charge on any atom is -0.357 e. The van der Waals surface area contributed by atoms with Gasteiger partial charge in [-0.05, 0) is 44.0 Å². The minimum atomic E-state index is -0.252. The second-order valence-electron chi connectivity index (χ2n) is 5.05. The van der Waals surface area contributed by atoms with Crippen LogP contribution in [0.2, 0.25) is 5.02 Å². The maximum atomic E-state index is 12.2. The average Bonchev–Trinajstić information content (AvgIpc) is 3.20. The van der Waals surface area contributed by atoms with Gasteiger partial charge in [-0.3, -0.25) is 4.79 Å². The summed E-state index contributed by atoms with van der Waals surface area (Å²) in [5.74, 6) is -0.0702. The van der Waals surface area contributed by atoms with Gasteiger partial charge in [0.25, 0.3) is 0 Å². The van der Waals surface area contributed by atoms with Gasteiger partial charge in [-0.1, -0.05) is 34.7 Å². The van der Waals surface area contributed by atoms with Gasteiger partial charge in [0.1, 0.15) is 0 Å². The molecule has 22 heavy (non-hydrogen) atoms. The van der Waals surface area contributed by atoms with Crippen molar-refractivity contribution in [2.75, 3.05) is 10.6 Å². The molecule has 0 saturated heterocycles. The molecule has 1 aliphatic carbocycles. The van der Waals surface area contributed by atoms with Crippen LogP contribution in [0.3, 0.4) is 0 Å². The molecule has 0 aliphatic heterocycles. The van der Waals surface area contributed by atoms with Crippen LogP contribution in [0.25, 0.3) is 0 Å². The Morgan fingerprint density at radius 2 is 2.09 bits per heavy atom. The van der Waals surface area contributed by atoms with Crippen LogP contribution in [0.15, 0.2) is 28.6 Å². The number of aromatic nitrogens is 2. The van der Waals surface area contributed by atoms with Gasteiger partial charge < -0.3 is 10.6 Å². The van der Waals surface area contributed by atoms with Crippen LogP contribution in [0.1, 0.15) is 19.8 Å². The van der Waals surface area contributed by atoms with Gasteiger partial charge in [0, 0.05) is 16.8 Å². The summed E-state index contributed by atoms with van der Waals surface area (Å²) in [5.41, 5.74) is 0.732. The maximum Gasteiger partial charge on any atom is 0.237 e. The molecule has 1 heterocycles. The molecule has 3 rings (SSSR count). The zero-order valence-electron chi connectivity index (χ0n) is 11.9. The first-order chi connectivity index (χ1) is 10.6. The normalized spacial score (nSPS) is 15.4. The standard InChI is InChI=1S/C14H15ClN4OS2/c1-8(12(20)16-10-4-2-9(15)3-5-10)21-14-19-18-13(22-14)17-11-6-7-11/h2-5,8,11H,6-7H2,1H3,(H,16,20)(H,17,18)/t8-/m1/s1. The van der Waals surface area contributed by atoms with Crippen molar-refractivity contribution < 1.29 is 4.79 Å². The fourth-order valence-electron chi connectivity index (χ4n) is 1.70. The van der Waals surface area contributed by atoms with Crippen LogP contribution in [0.4, 0.5) is 10.8 Å². The molecule has 1 fully saturated rings. The number of nitrogens with zero attached hydrogens (tertiary/aromatic N) is 2. The Kier molecular flexibility index (Phi) is 4.85. The van der Waals surface area contributed by atoms with Crippen LogP contribution in [0, 0.1) is 0 Å². The maximum absolute atomic E-state index is 12.2. The number of hydrogen-bond donors (Lipinski definition) is 2. The van der Waals surface area contributed by atoms with Gasteiger partial charge >= 0.3 is 0 Å². The lowest BCUT2D eigenvalue weighted by atomic mass is 10.3. The van der Waals surface area contributed by atoms with Crippen molar-refractivity contribution >= 4 is 51.4 Å². The van der Waals surface area contributed by atoms with E-state index in [1.165, 1.54) is 35.9 Å².